The standard InChI is InChI=1S/C18H25BN4O2S/c1-2-24-13-3-4-14-15(9-13)26-17(21-14)22-16-20-10-18(25-16)11-23(19)7-5-12(18)6-8-23/h3-4,9,12H,2,5-8,10-11H2,1,19H3,(H,20,21,22). The summed E-state index contributed by atoms with van der Waals surface area (Å²) in [6.45, 7) is 7.44. The topological polar surface area (TPSA) is 55.7 Å². The van der Waals surface area contributed by atoms with Gasteiger partial charge in [-0.05, 0) is 38.0 Å². The summed E-state index contributed by atoms with van der Waals surface area (Å²) < 4.78 is 14.5. The molecule has 1 spiro atoms. The minimum Gasteiger partial charge on any atom is -0.519 e. The Balaban J connectivity index is 1.32. The summed E-state index contributed by atoms with van der Waals surface area (Å²) in [6, 6.07) is 6.69. The second-order valence-corrected chi connectivity index (χ2v) is 8.08. The van der Waals surface area contributed by atoms with Crippen LogP contribution in [-0.2, 0) is 4.74 Å². The van der Waals surface area contributed by atoms with Gasteiger partial charge in [0.1, 0.15) is 5.75 Å². The number of quaternary nitrogens is 1. The number of fused-ring (bicyclic) bond motifs is 3. The van der Waals surface area contributed by atoms with Crippen molar-refractivity contribution >= 4 is 40.7 Å². The molecular weight excluding hydrogens is 347 g/mol. The van der Waals surface area contributed by atoms with E-state index in [0.29, 0.717) is 18.5 Å². The lowest BCUT2D eigenvalue weighted by Gasteiger charge is -2.60. The maximum Gasteiger partial charge on any atom is 0.292 e. The molecule has 4 aliphatic heterocycles. The SMILES string of the molecule is [BH3-][N+]12CCC(CC1)C1(CN=C(Nc3nc4ccc(OCC)cc4s3)O1)C2. The number of hydrogen-bond acceptors (Lipinski definition) is 6. The molecule has 2 aromatic rings. The molecule has 3 fully saturated rings. The average molecular weight is 372 g/mol. The summed E-state index contributed by atoms with van der Waals surface area (Å²) in [6.07, 6.45) is 2.63. The second-order valence-electron chi connectivity index (χ2n) is 7.05. The predicted molar refractivity (Wildman–Crippen MR) is 108 cm³/mol. The number of hydrogen-bond donors (Lipinski definition) is 1. The largest absolute Gasteiger partial charge is 0.519 e. The third kappa shape index (κ3) is 2.67. The quantitative estimate of drug-likeness (QED) is 0.835. The molecule has 1 N–H and O–H groups in total. The van der Waals surface area contributed by atoms with Crippen molar-refractivity contribution in [3.63, 3.8) is 0 Å². The van der Waals surface area contributed by atoms with Gasteiger partial charge in [0.25, 0.3) is 6.02 Å². The molecule has 5 heterocycles. The molecule has 1 atom stereocenters. The molecule has 8 heteroatoms. The molecule has 0 aliphatic carbocycles. The van der Waals surface area contributed by atoms with E-state index >= 15 is 0 Å². The number of anilines is 1. The van der Waals surface area contributed by atoms with Crippen LogP contribution in [0.25, 0.3) is 10.2 Å². The van der Waals surface area contributed by atoms with E-state index in [-0.39, 0.29) is 13.6 Å². The lowest BCUT2D eigenvalue weighted by Crippen LogP contribution is -2.69. The fourth-order valence-electron chi connectivity index (χ4n) is 4.25. The number of piperidine rings is 3. The molecular formula is C18H25BN4O2S. The minimum absolute atomic E-state index is 0.0423. The molecule has 26 heavy (non-hydrogen) atoms. The normalized spacial score (nSPS) is 32.7. The van der Waals surface area contributed by atoms with Crippen LogP contribution in [0, 0.1) is 5.92 Å². The van der Waals surface area contributed by atoms with Crippen molar-refractivity contribution in [2.24, 2.45) is 10.9 Å². The van der Waals surface area contributed by atoms with Gasteiger partial charge in [0, 0.05) is 19.0 Å². The van der Waals surface area contributed by atoms with Gasteiger partial charge in [0.15, 0.2) is 18.7 Å². The van der Waals surface area contributed by atoms with Gasteiger partial charge in [-0.25, -0.2) is 9.98 Å². The van der Waals surface area contributed by atoms with Crippen LogP contribution in [0.5, 0.6) is 5.75 Å². The number of ether oxygens (including phenoxy) is 2. The van der Waals surface area contributed by atoms with E-state index in [0.717, 1.165) is 27.6 Å². The maximum atomic E-state index is 6.46. The third-order valence-corrected chi connectivity index (χ3v) is 6.43. The van der Waals surface area contributed by atoms with Gasteiger partial charge in [-0.1, -0.05) is 11.3 Å². The Morgan fingerprint density at radius 1 is 1.42 bits per heavy atom. The molecule has 6 rings (SSSR count). The number of nitrogens with zero attached hydrogens (tertiary/aromatic N) is 3. The Morgan fingerprint density at radius 2 is 2.27 bits per heavy atom. The fraction of sp³-hybridized carbons (Fsp3) is 0.556. The van der Waals surface area contributed by atoms with Gasteiger partial charge in [0.05, 0.1) is 29.9 Å². The van der Waals surface area contributed by atoms with Crippen LogP contribution in [-0.4, -0.2) is 61.8 Å². The highest BCUT2D eigenvalue weighted by molar-refractivity contribution is 7.22. The van der Waals surface area contributed by atoms with Crippen molar-refractivity contribution in [3.05, 3.63) is 18.2 Å². The van der Waals surface area contributed by atoms with Gasteiger partial charge in [0.2, 0.25) is 0 Å². The first-order valence-corrected chi connectivity index (χ1v) is 9.82. The molecule has 1 aromatic carbocycles. The number of benzene rings is 1. The maximum absolute atomic E-state index is 6.46. The van der Waals surface area contributed by atoms with E-state index < -0.39 is 0 Å². The van der Waals surface area contributed by atoms with E-state index in [1.165, 1.54) is 36.9 Å². The molecule has 2 bridgehead atoms. The molecule has 1 unspecified atom stereocenters. The van der Waals surface area contributed by atoms with Crippen molar-refractivity contribution < 1.29 is 13.9 Å². The van der Waals surface area contributed by atoms with E-state index in [1.54, 1.807) is 11.3 Å². The fourth-order valence-corrected chi connectivity index (χ4v) is 5.14. The van der Waals surface area contributed by atoms with Crippen LogP contribution in [0.2, 0.25) is 0 Å². The Labute approximate surface area is 158 Å². The predicted octanol–water partition coefficient (Wildman–Crippen LogP) is 1.75. The van der Waals surface area contributed by atoms with Crippen molar-refractivity contribution in [3.8, 4) is 5.75 Å². The van der Waals surface area contributed by atoms with Crippen LogP contribution >= 0.6 is 11.3 Å². The van der Waals surface area contributed by atoms with Gasteiger partial charge in [-0.2, -0.15) is 0 Å². The summed E-state index contributed by atoms with van der Waals surface area (Å²) in [5.74, 6) is 1.56. The van der Waals surface area contributed by atoms with E-state index in [9.17, 15) is 0 Å². The first-order chi connectivity index (χ1) is 12.6. The highest BCUT2D eigenvalue weighted by atomic mass is 32.1. The molecule has 0 radical (unpaired) electrons. The lowest BCUT2D eigenvalue weighted by molar-refractivity contribution is -0.845. The van der Waals surface area contributed by atoms with E-state index in [2.05, 4.69) is 10.3 Å². The molecule has 4 aliphatic rings. The molecule has 3 saturated heterocycles. The van der Waals surface area contributed by atoms with Crippen LogP contribution in [0.15, 0.2) is 23.2 Å². The number of rotatable bonds is 3. The van der Waals surface area contributed by atoms with Crippen molar-refractivity contribution in [2.45, 2.75) is 25.4 Å². The van der Waals surface area contributed by atoms with Gasteiger partial charge >= 0.3 is 0 Å². The summed E-state index contributed by atoms with van der Waals surface area (Å²) in [5.41, 5.74) is 0.935. The summed E-state index contributed by atoms with van der Waals surface area (Å²) >= 11 is 1.62. The average Bonchev–Trinajstić information content (AvgIpc) is 3.19. The Bertz CT molecular complexity index is 877. The number of aromatic nitrogens is 1. The van der Waals surface area contributed by atoms with Gasteiger partial charge in [-0.3, -0.25) is 5.32 Å². The molecule has 138 valence electrons. The minimum atomic E-state index is -0.0423. The van der Waals surface area contributed by atoms with Crippen molar-refractivity contribution in [1.82, 2.24) is 4.98 Å². The van der Waals surface area contributed by atoms with Crippen LogP contribution < -0.4 is 10.1 Å². The second kappa shape index (κ2) is 5.86. The van der Waals surface area contributed by atoms with E-state index in [4.69, 9.17) is 14.5 Å². The van der Waals surface area contributed by atoms with Crippen LogP contribution in [0.3, 0.4) is 0 Å². The Morgan fingerprint density at radius 3 is 3.04 bits per heavy atom. The van der Waals surface area contributed by atoms with Crippen LogP contribution in [0.4, 0.5) is 5.13 Å². The zero-order valence-electron chi connectivity index (χ0n) is 14.3. The third-order valence-electron chi connectivity index (χ3n) is 5.50. The Hall–Kier alpha value is -1.80. The van der Waals surface area contributed by atoms with Crippen molar-refractivity contribution in [2.75, 3.05) is 38.1 Å². The molecule has 0 amide bonds. The Kier molecular flexibility index (Phi) is 3.69. The molecule has 6 nitrogen and oxygen atoms in total. The first-order valence-electron chi connectivity index (χ1n) is 9.00. The lowest BCUT2D eigenvalue weighted by atomic mass is 9.72. The number of amidine groups is 1. The number of thiazole rings is 1. The number of aliphatic imine (C=N–C) groups is 1. The monoisotopic (exact) mass is 372 g/mol. The van der Waals surface area contributed by atoms with Crippen LogP contribution in [0.1, 0.15) is 19.8 Å². The summed E-state index contributed by atoms with van der Waals surface area (Å²) in [5, 5.41) is 4.17. The highest BCUT2D eigenvalue weighted by Crippen LogP contribution is 2.43. The first kappa shape index (κ1) is 16.4. The van der Waals surface area contributed by atoms with Gasteiger partial charge < -0.3 is 13.9 Å². The smallest absolute Gasteiger partial charge is 0.292 e. The highest BCUT2D eigenvalue weighted by Gasteiger charge is 2.55. The van der Waals surface area contributed by atoms with Gasteiger partial charge in [-0.15, -0.1) is 0 Å². The summed E-state index contributed by atoms with van der Waals surface area (Å²) in [7, 11) is 0.284. The molecule has 0 saturated carbocycles. The van der Waals surface area contributed by atoms with Crippen molar-refractivity contribution in [1.29, 1.82) is 0 Å². The zero-order chi connectivity index (χ0) is 17.8. The summed E-state index contributed by atoms with van der Waals surface area (Å²) in [4.78, 5) is 9.39. The zero-order valence-corrected chi connectivity index (χ0v) is 15.1. The molecule has 1 aromatic heterocycles. The number of nitrogens with one attached hydrogen (secondary N) is 1. The van der Waals surface area contributed by atoms with E-state index in [1.807, 2.05) is 25.1 Å².